The van der Waals surface area contributed by atoms with Crippen molar-refractivity contribution >= 4 is 17.5 Å². The summed E-state index contributed by atoms with van der Waals surface area (Å²) >= 11 is 0. The van der Waals surface area contributed by atoms with E-state index in [1.165, 1.54) is 13.3 Å². The number of ether oxygens (including phenoxy) is 1. The van der Waals surface area contributed by atoms with Crippen LogP contribution in [0, 0.1) is 0 Å². The molecule has 0 aliphatic rings. The molecule has 144 valence electrons. The molecule has 0 saturated heterocycles. The maximum absolute atomic E-state index is 12.5. The lowest BCUT2D eigenvalue weighted by molar-refractivity contribution is -0.114. The van der Waals surface area contributed by atoms with Gasteiger partial charge in [-0.15, -0.1) is 0 Å². The molecule has 0 radical (unpaired) electrons. The molecule has 2 aromatic heterocycles. The zero-order valence-corrected chi connectivity index (χ0v) is 15.8. The number of anilines is 1. The van der Waals surface area contributed by atoms with Crippen LogP contribution in [-0.2, 0) is 4.79 Å². The molecule has 0 bridgehead atoms. The van der Waals surface area contributed by atoms with E-state index in [9.17, 15) is 9.59 Å². The van der Waals surface area contributed by atoms with Crippen LogP contribution in [0.3, 0.4) is 0 Å². The van der Waals surface area contributed by atoms with E-state index in [-0.39, 0.29) is 23.6 Å². The highest BCUT2D eigenvalue weighted by molar-refractivity contribution is 5.92. The molecule has 0 saturated carbocycles. The maximum Gasteiger partial charge on any atom is 0.271 e. The summed E-state index contributed by atoms with van der Waals surface area (Å²) in [6, 6.07) is 10.8. The average molecular weight is 379 g/mol. The predicted molar refractivity (Wildman–Crippen MR) is 105 cm³/mol. The van der Waals surface area contributed by atoms with Crippen molar-refractivity contribution in [1.29, 1.82) is 0 Å². The van der Waals surface area contributed by atoms with Gasteiger partial charge < -0.3 is 15.4 Å². The highest BCUT2D eigenvalue weighted by Gasteiger charge is 2.15. The number of hydrogen-bond donors (Lipinski definition) is 2. The molecule has 28 heavy (non-hydrogen) atoms. The first-order chi connectivity index (χ1) is 13.5. The Hall–Kier alpha value is -3.68. The summed E-state index contributed by atoms with van der Waals surface area (Å²) in [5.74, 6) is 0.864. The predicted octanol–water partition coefficient (Wildman–Crippen LogP) is 2.73. The van der Waals surface area contributed by atoms with E-state index in [2.05, 4.69) is 20.6 Å². The van der Waals surface area contributed by atoms with E-state index in [0.29, 0.717) is 11.5 Å². The number of amides is 2. The lowest BCUT2D eigenvalue weighted by atomic mass is 10.1. The molecule has 1 aromatic carbocycles. The van der Waals surface area contributed by atoms with E-state index in [4.69, 9.17) is 4.74 Å². The Labute approximate surface area is 162 Å². The smallest absolute Gasteiger partial charge is 0.271 e. The summed E-state index contributed by atoms with van der Waals surface area (Å²) in [5, 5.41) is 5.57. The Morgan fingerprint density at radius 2 is 2.00 bits per heavy atom. The molecule has 2 amide bonds. The van der Waals surface area contributed by atoms with Gasteiger partial charge in [0.25, 0.3) is 5.91 Å². The first kappa shape index (κ1) is 19.1. The number of methoxy groups -OCH3 is 1. The third-order valence-corrected chi connectivity index (χ3v) is 4.09. The van der Waals surface area contributed by atoms with Gasteiger partial charge in [-0.05, 0) is 36.8 Å². The molecule has 0 aliphatic carbocycles. The van der Waals surface area contributed by atoms with Crippen molar-refractivity contribution in [2.45, 2.75) is 19.9 Å². The Morgan fingerprint density at radius 1 is 1.18 bits per heavy atom. The summed E-state index contributed by atoms with van der Waals surface area (Å²) in [6.07, 6.45) is 4.67. The monoisotopic (exact) mass is 379 g/mol. The molecule has 3 rings (SSSR count). The number of benzene rings is 1. The fourth-order valence-corrected chi connectivity index (χ4v) is 2.65. The van der Waals surface area contributed by atoms with Gasteiger partial charge in [-0.25, -0.2) is 9.97 Å². The van der Waals surface area contributed by atoms with Crippen LogP contribution in [-0.4, -0.2) is 33.5 Å². The van der Waals surface area contributed by atoms with Crippen molar-refractivity contribution in [1.82, 2.24) is 19.9 Å². The molecule has 1 atom stereocenters. The number of hydrogen-bond acceptors (Lipinski definition) is 5. The van der Waals surface area contributed by atoms with Gasteiger partial charge in [-0.2, -0.15) is 0 Å². The van der Waals surface area contributed by atoms with Crippen LogP contribution in [0.5, 0.6) is 5.75 Å². The quantitative estimate of drug-likeness (QED) is 0.686. The number of carbonyl (C=O) groups excluding carboxylic acids is 2. The van der Waals surface area contributed by atoms with Gasteiger partial charge in [-0.3, -0.25) is 14.2 Å². The van der Waals surface area contributed by atoms with E-state index < -0.39 is 0 Å². The minimum absolute atomic E-state index is 0.165. The Bertz CT molecular complexity index is 982. The number of carbonyl (C=O) groups is 2. The molecule has 0 aliphatic heterocycles. The standard InChI is InChI=1S/C20H21N5O3/c1-13(15-5-4-6-17(9-15)28-3)23-20(27)18-11-25(12-22-18)19-8-7-16(10-21-19)24-14(2)26/h4-13H,1-3H3,(H,23,27)(H,24,26). The van der Waals surface area contributed by atoms with E-state index in [1.54, 1.807) is 36.2 Å². The number of nitrogens with zero attached hydrogens (tertiary/aromatic N) is 3. The molecule has 8 heteroatoms. The Kier molecular flexibility index (Phi) is 5.69. The molecular weight excluding hydrogens is 358 g/mol. The normalized spacial score (nSPS) is 11.5. The van der Waals surface area contributed by atoms with Crippen molar-refractivity contribution in [2.24, 2.45) is 0 Å². The number of rotatable bonds is 6. The lowest BCUT2D eigenvalue weighted by Crippen LogP contribution is -2.26. The second-order valence-electron chi connectivity index (χ2n) is 6.22. The van der Waals surface area contributed by atoms with Crippen molar-refractivity contribution < 1.29 is 14.3 Å². The van der Waals surface area contributed by atoms with Crippen molar-refractivity contribution in [3.63, 3.8) is 0 Å². The van der Waals surface area contributed by atoms with Crippen LogP contribution in [0.15, 0.2) is 55.1 Å². The van der Waals surface area contributed by atoms with E-state index in [0.717, 1.165) is 11.3 Å². The molecule has 3 aromatic rings. The Balaban J connectivity index is 1.68. The van der Waals surface area contributed by atoms with Gasteiger partial charge in [0.2, 0.25) is 5.91 Å². The number of pyridine rings is 1. The molecule has 8 nitrogen and oxygen atoms in total. The van der Waals surface area contributed by atoms with Gasteiger partial charge in [0.15, 0.2) is 0 Å². The lowest BCUT2D eigenvalue weighted by Gasteiger charge is -2.14. The molecule has 1 unspecified atom stereocenters. The zero-order chi connectivity index (χ0) is 20.1. The fourth-order valence-electron chi connectivity index (χ4n) is 2.65. The van der Waals surface area contributed by atoms with Crippen molar-refractivity contribution in [2.75, 3.05) is 12.4 Å². The van der Waals surface area contributed by atoms with Crippen molar-refractivity contribution in [3.8, 4) is 11.6 Å². The molecule has 0 fully saturated rings. The second-order valence-corrected chi connectivity index (χ2v) is 6.22. The minimum atomic E-state index is -0.288. The number of imidazole rings is 1. The molecule has 2 heterocycles. The summed E-state index contributed by atoms with van der Waals surface area (Å²) in [4.78, 5) is 32.0. The maximum atomic E-state index is 12.5. The van der Waals surface area contributed by atoms with Crippen LogP contribution in [0.4, 0.5) is 5.69 Å². The summed E-state index contributed by atoms with van der Waals surface area (Å²) in [6.45, 7) is 3.33. The number of aromatic nitrogens is 3. The van der Waals surface area contributed by atoms with Crippen LogP contribution in [0.1, 0.15) is 35.9 Å². The van der Waals surface area contributed by atoms with Crippen molar-refractivity contribution in [3.05, 3.63) is 66.4 Å². The first-order valence-electron chi connectivity index (χ1n) is 8.69. The van der Waals surface area contributed by atoms with Gasteiger partial charge in [0, 0.05) is 13.1 Å². The van der Waals surface area contributed by atoms with Gasteiger partial charge in [0.1, 0.15) is 23.6 Å². The summed E-state index contributed by atoms with van der Waals surface area (Å²) in [5.41, 5.74) is 1.81. The van der Waals surface area contributed by atoms with Crippen LogP contribution in [0.2, 0.25) is 0 Å². The van der Waals surface area contributed by atoms with Gasteiger partial charge in [0.05, 0.1) is 25.0 Å². The molecule has 0 spiro atoms. The summed E-state index contributed by atoms with van der Waals surface area (Å²) < 4.78 is 6.86. The topological polar surface area (TPSA) is 98.1 Å². The molecular formula is C20H21N5O3. The number of nitrogens with one attached hydrogen (secondary N) is 2. The van der Waals surface area contributed by atoms with E-state index >= 15 is 0 Å². The van der Waals surface area contributed by atoms with Gasteiger partial charge in [-0.1, -0.05) is 12.1 Å². The third-order valence-electron chi connectivity index (χ3n) is 4.09. The second kappa shape index (κ2) is 8.34. The highest BCUT2D eigenvalue weighted by Crippen LogP contribution is 2.19. The van der Waals surface area contributed by atoms with Crippen LogP contribution < -0.4 is 15.4 Å². The first-order valence-corrected chi connectivity index (χ1v) is 8.69. The SMILES string of the molecule is COc1cccc(C(C)NC(=O)c2cn(-c3ccc(NC(C)=O)cn3)cn2)c1. The van der Waals surface area contributed by atoms with Gasteiger partial charge >= 0.3 is 0 Å². The largest absolute Gasteiger partial charge is 0.497 e. The Morgan fingerprint density at radius 3 is 2.68 bits per heavy atom. The zero-order valence-electron chi connectivity index (χ0n) is 15.8. The minimum Gasteiger partial charge on any atom is -0.497 e. The molecule has 2 N–H and O–H groups in total. The van der Waals surface area contributed by atoms with E-state index in [1.807, 2.05) is 31.2 Å². The summed E-state index contributed by atoms with van der Waals surface area (Å²) in [7, 11) is 1.60. The highest BCUT2D eigenvalue weighted by atomic mass is 16.5. The fraction of sp³-hybridized carbons (Fsp3) is 0.200. The van der Waals surface area contributed by atoms with Crippen LogP contribution >= 0.6 is 0 Å². The third kappa shape index (κ3) is 4.53. The van der Waals surface area contributed by atoms with Crippen LogP contribution in [0.25, 0.3) is 5.82 Å². The average Bonchev–Trinajstić information content (AvgIpc) is 3.18.